The Morgan fingerprint density at radius 1 is 1.54 bits per heavy atom. The highest BCUT2D eigenvalue weighted by molar-refractivity contribution is 7.09. The predicted molar refractivity (Wildman–Crippen MR) is 99.5 cm³/mol. The summed E-state index contributed by atoms with van der Waals surface area (Å²) in [4.78, 5) is 22.8. The van der Waals surface area contributed by atoms with Gasteiger partial charge in [0.15, 0.2) is 5.96 Å². The highest BCUT2D eigenvalue weighted by atomic mass is 32.1. The van der Waals surface area contributed by atoms with Gasteiger partial charge in [0.1, 0.15) is 0 Å². The average molecular weight is 352 g/mol. The van der Waals surface area contributed by atoms with Crippen LogP contribution in [0.4, 0.5) is 0 Å². The average Bonchev–Trinajstić information content (AvgIpc) is 3.22. The largest absolute Gasteiger partial charge is 0.356 e. The standard InChI is InChI=1S/C17H29N5OS/c1-5-15-20-14(11-24-15)6-8-19-17(18-4)21-13-7-9-22(10-13)16(23)12(2)3/h11-13H,5-10H2,1-4H3,(H2,18,19,21). The van der Waals surface area contributed by atoms with E-state index in [0.717, 1.165) is 50.6 Å². The van der Waals surface area contributed by atoms with Gasteiger partial charge in [0.05, 0.1) is 10.7 Å². The van der Waals surface area contributed by atoms with Gasteiger partial charge < -0.3 is 15.5 Å². The normalized spacial score (nSPS) is 18.3. The van der Waals surface area contributed by atoms with E-state index in [1.165, 1.54) is 5.01 Å². The van der Waals surface area contributed by atoms with Crippen LogP contribution in [0.1, 0.15) is 37.9 Å². The Morgan fingerprint density at radius 2 is 2.33 bits per heavy atom. The molecule has 0 saturated carbocycles. The van der Waals surface area contributed by atoms with Crippen LogP contribution >= 0.6 is 11.3 Å². The summed E-state index contributed by atoms with van der Waals surface area (Å²) in [5.74, 6) is 1.09. The molecule has 7 heteroatoms. The van der Waals surface area contributed by atoms with Crippen LogP contribution in [0.3, 0.4) is 0 Å². The number of hydrogen-bond acceptors (Lipinski definition) is 4. The molecule has 134 valence electrons. The van der Waals surface area contributed by atoms with Crippen molar-refractivity contribution in [1.82, 2.24) is 20.5 Å². The van der Waals surface area contributed by atoms with E-state index >= 15 is 0 Å². The molecule has 0 aromatic carbocycles. The molecule has 1 amide bonds. The first-order valence-corrected chi connectivity index (χ1v) is 9.60. The van der Waals surface area contributed by atoms with Crippen molar-refractivity contribution in [3.63, 3.8) is 0 Å². The van der Waals surface area contributed by atoms with Crippen LogP contribution in [0, 0.1) is 5.92 Å². The molecule has 0 aliphatic carbocycles. The second-order valence-corrected chi connectivity index (χ2v) is 7.35. The molecule has 0 spiro atoms. The second-order valence-electron chi connectivity index (χ2n) is 6.40. The lowest BCUT2D eigenvalue weighted by atomic mass is 10.2. The Hall–Kier alpha value is -1.63. The van der Waals surface area contributed by atoms with Gasteiger partial charge in [0.25, 0.3) is 0 Å². The smallest absolute Gasteiger partial charge is 0.225 e. The monoisotopic (exact) mass is 351 g/mol. The molecule has 1 saturated heterocycles. The number of carbonyl (C=O) groups is 1. The van der Waals surface area contributed by atoms with Crippen LogP contribution < -0.4 is 10.6 Å². The van der Waals surface area contributed by atoms with E-state index in [4.69, 9.17) is 0 Å². The van der Waals surface area contributed by atoms with E-state index in [1.807, 2.05) is 18.7 Å². The Morgan fingerprint density at radius 3 is 2.96 bits per heavy atom. The minimum atomic E-state index is 0.0623. The van der Waals surface area contributed by atoms with Gasteiger partial charge >= 0.3 is 0 Å². The molecule has 0 bridgehead atoms. The van der Waals surface area contributed by atoms with Crippen LogP contribution in [0.5, 0.6) is 0 Å². The van der Waals surface area contributed by atoms with Gasteiger partial charge in [0.2, 0.25) is 5.91 Å². The van der Waals surface area contributed by atoms with Crippen LogP contribution in [0.2, 0.25) is 0 Å². The molecule has 2 N–H and O–H groups in total. The third-order valence-corrected chi connectivity index (χ3v) is 5.18. The maximum Gasteiger partial charge on any atom is 0.225 e. The predicted octanol–water partition coefficient (Wildman–Crippen LogP) is 1.67. The third-order valence-electron chi connectivity index (χ3n) is 4.13. The van der Waals surface area contributed by atoms with Crippen LogP contribution in [0.25, 0.3) is 0 Å². The summed E-state index contributed by atoms with van der Waals surface area (Å²) in [6, 6.07) is 0.268. The molecule has 1 aliphatic rings. The van der Waals surface area contributed by atoms with Crippen LogP contribution in [0.15, 0.2) is 10.4 Å². The first-order chi connectivity index (χ1) is 11.5. The van der Waals surface area contributed by atoms with Crippen molar-refractivity contribution in [2.45, 2.75) is 46.1 Å². The van der Waals surface area contributed by atoms with E-state index in [2.05, 4.69) is 32.9 Å². The van der Waals surface area contributed by atoms with Gasteiger partial charge in [-0.25, -0.2) is 4.98 Å². The summed E-state index contributed by atoms with van der Waals surface area (Å²) in [5, 5.41) is 10.1. The molecule has 6 nitrogen and oxygen atoms in total. The number of guanidine groups is 1. The molecule has 1 atom stereocenters. The van der Waals surface area contributed by atoms with E-state index in [0.29, 0.717) is 0 Å². The fraction of sp³-hybridized carbons (Fsp3) is 0.706. The first-order valence-electron chi connectivity index (χ1n) is 8.72. The van der Waals surface area contributed by atoms with Crippen molar-refractivity contribution in [3.8, 4) is 0 Å². The summed E-state index contributed by atoms with van der Waals surface area (Å²) >= 11 is 1.72. The second kappa shape index (κ2) is 9.01. The Balaban J connectivity index is 1.74. The number of nitrogens with one attached hydrogen (secondary N) is 2. The topological polar surface area (TPSA) is 69.6 Å². The van der Waals surface area contributed by atoms with Crippen LogP contribution in [-0.2, 0) is 17.6 Å². The Bertz CT molecular complexity index is 569. The molecule has 1 aromatic rings. The number of amides is 1. The number of carbonyl (C=O) groups excluding carboxylic acids is 1. The van der Waals surface area contributed by atoms with Gasteiger partial charge in [-0.05, 0) is 12.8 Å². The molecule has 1 aromatic heterocycles. The van der Waals surface area contributed by atoms with Crippen LogP contribution in [-0.4, -0.2) is 54.5 Å². The fourth-order valence-electron chi connectivity index (χ4n) is 2.77. The quantitative estimate of drug-likeness (QED) is 0.604. The first kappa shape index (κ1) is 18.7. The third kappa shape index (κ3) is 5.19. The lowest BCUT2D eigenvalue weighted by Gasteiger charge is -2.20. The number of rotatable bonds is 6. The van der Waals surface area contributed by atoms with Crippen molar-refractivity contribution >= 4 is 23.2 Å². The Labute approximate surface area is 148 Å². The maximum atomic E-state index is 12.0. The van der Waals surface area contributed by atoms with Gasteiger partial charge in [-0.2, -0.15) is 0 Å². The zero-order valence-corrected chi connectivity index (χ0v) is 15.9. The molecular formula is C17H29N5OS. The zero-order chi connectivity index (χ0) is 17.5. The minimum absolute atomic E-state index is 0.0623. The number of aliphatic imine (C=N–C) groups is 1. The summed E-state index contributed by atoms with van der Waals surface area (Å²) in [6.45, 7) is 8.40. The Kier molecular flexibility index (Phi) is 7.02. The van der Waals surface area contributed by atoms with Crippen molar-refractivity contribution in [2.75, 3.05) is 26.7 Å². The molecule has 0 radical (unpaired) electrons. The van der Waals surface area contributed by atoms with Gasteiger partial charge in [0, 0.05) is 50.4 Å². The SMILES string of the molecule is CCc1nc(CCNC(=NC)NC2CCN(C(=O)C(C)C)C2)cs1. The molecule has 1 aliphatic heterocycles. The van der Waals surface area contributed by atoms with Crippen molar-refractivity contribution < 1.29 is 4.79 Å². The van der Waals surface area contributed by atoms with Crippen molar-refractivity contribution in [2.24, 2.45) is 10.9 Å². The number of aryl methyl sites for hydroxylation is 1. The van der Waals surface area contributed by atoms with Gasteiger partial charge in [-0.1, -0.05) is 20.8 Å². The molecule has 1 fully saturated rings. The van der Waals surface area contributed by atoms with E-state index in [1.54, 1.807) is 18.4 Å². The molecule has 1 unspecified atom stereocenters. The molecule has 2 heterocycles. The summed E-state index contributed by atoms with van der Waals surface area (Å²) < 4.78 is 0. The minimum Gasteiger partial charge on any atom is -0.356 e. The molecular weight excluding hydrogens is 322 g/mol. The highest BCUT2D eigenvalue weighted by Gasteiger charge is 2.27. The summed E-state index contributed by atoms with van der Waals surface area (Å²) in [5.41, 5.74) is 1.13. The number of likely N-dealkylation sites (tertiary alicyclic amines) is 1. The highest BCUT2D eigenvalue weighted by Crippen LogP contribution is 2.13. The maximum absolute atomic E-state index is 12.0. The zero-order valence-electron chi connectivity index (χ0n) is 15.1. The molecule has 24 heavy (non-hydrogen) atoms. The summed E-state index contributed by atoms with van der Waals surface area (Å²) in [7, 11) is 1.78. The van der Waals surface area contributed by atoms with Gasteiger partial charge in [-0.3, -0.25) is 9.79 Å². The lowest BCUT2D eigenvalue weighted by molar-refractivity contribution is -0.133. The molecule has 2 rings (SSSR count). The van der Waals surface area contributed by atoms with E-state index < -0.39 is 0 Å². The van der Waals surface area contributed by atoms with Gasteiger partial charge in [-0.15, -0.1) is 11.3 Å². The number of aromatic nitrogens is 1. The van der Waals surface area contributed by atoms with Crippen molar-refractivity contribution in [1.29, 1.82) is 0 Å². The lowest BCUT2D eigenvalue weighted by Crippen LogP contribution is -2.45. The summed E-state index contributed by atoms with van der Waals surface area (Å²) in [6.07, 6.45) is 2.85. The number of thiazole rings is 1. The van der Waals surface area contributed by atoms with Crippen molar-refractivity contribution in [3.05, 3.63) is 16.1 Å². The van der Waals surface area contributed by atoms with E-state index in [9.17, 15) is 4.79 Å². The van der Waals surface area contributed by atoms with E-state index in [-0.39, 0.29) is 17.9 Å². The number of hydrogen-bond donors (Lipinski definition) is 2. The fourth-order valence-corrected chi connectivity index (χ4v) is 3.55. The number of nitrogens with zero attached hydrogens (tertiary/aromatic N) is 3.